The standard InChI is InChI=1S/C12H16N2O/c1-7-5-9(6-8(2)11(7)15)12(13)14-10-3-4-10/h5-6,10,15H,3-4H2,1-2H3,(H2,13,14). The number of nitrogens with zero attached hydrogens (tertiary/aromatic N) is 1. The SMILES string of the molecule is Cc1cc(C(N)=NC2CC2)cc(C)c1O. The van der Waals surface area contributed by atoms with E-state index in [-0.39, 0.29) is 0 Å². The first kappa shape index (κ1) is 10.0. The van der Waals surface area contributed by atoms with Crippen molar-refractivity contribution in [2.75, 3.05) is 0 Å². The molecular weight excluding hydrogens is 188 g/mol. The summed E-state index contributed by atoms with van der Waals surface area (Å²) in [5, 5.41) is 9.63. The Morgan fingerprint density at radius 1 is 1.33 bits per heavy atom. The number of hydrogen-bond acceptors (Lipinski definition) is 2. The molecule has 0 aliphatic heterocycles. The molecule has 2 rings (SSSR count). The molecule has 1 saturated carbocycles. The van der Waals surface area contributed by atoms with Gasteiger partial charge >= 0.3 is 0 Å². The van der Waals surface area contributed by atoms with Gasteiger partial charge in [-0.05, 0) is 49.9 Å². The van der Waals surface area contributed by atoms with Crippen LogP contribution in [0.4, 0.5) is 0 Å². The molecular formula is C12H16N2O. The van der Waals surface area contributed by atoms with Crippen LogP contribution in [0.25, 0.3) is 0 Å². The maximum absolute atomic E-state index is 9.63. The monoisotopic (exact) mass is 204 g/mol. The van der Waals surface area contributed by atoms with E-state index < -0.39 is 0 Å². The number of phenolic OH excluding ortho intramolecular Hbond substituents is 1. The third-order valence-corrected chi connectivity index (χ3v) is 2.66. The van der Waals surface area contributed by atoms with Gasteiger partial charge in [0.1, 0.15) is 11.6 Å². The van der Waals surface area contributed by atoms with Crippen molar-refractivity contribution in [3.63, 3.8) is 0 Å². The topological polar surface area (TPSA) is 58.6 Å². The highest BCUT2D eigenvalue weighted by atomic mass is 16.3. The van der Waals surface area contributed by atoms with E-state index in [1.807, 2.05) is 26.0 Å². The van der Waals surface area contributed by atoms with Gasteiger partial charge in [-0.15, -0.1) is 0 Å². The van der Waals surface area contributed by atoms with Gasteiger partial charge in [-0.2, -0.15) is 0 Å². The lowest BCUT2D eigenvalue weighted by atomic mass is 10.1. The molecule has 15 heavy (non-hydrogen) atoms. The zero-order valence-corrected chi connectivity index (χ0v) is 9.12. The average Bonchev–Trinajstić information content (AvgIpc) is 2.97. The van der Waals surface area contributed by atoms with E-state index in [4.69, 9.17) is 5.73 Å². The molecule has 3 N–H and O–H groups in total. The Hall–Kier alpha value is -1.51. The summed E-state index contributed by atoms with van der Waals surface area (Å²) in [5.41, 5.74) is 8.50. The smallest absolute Gasteiger partial charge is 0.125 e. The molecule has 0 spiro atoms. The van der Waals surface area contributed by atoms with Crippen LogP contribution >= 0.6 is 0 Å². The van der Waals surface area contributed by atoms with Crippen LogP contribution < -0.4 is 5.73 Å². The van der Waals surface area contributed by atoms with Crippen LogP contribution in [0.3, 0.4) is 0 Å². The van der Waals surface area contributed by atoms with Crippen molar-refractivity contribution in [2.45, 2.75) is 32.7 Å². The molecule has 80 valence electrons. The summed E-state index contributed by atoms with van der Waals surface area (Å²) in [6.45, 7) is 3.74. The van der Waals surface area contributed by atoms with Gasteiger partial charge in [-0.25, -0.2) is 0 Å². The van der Waals surface area contributed by atoms with Gasteiger partial charge < -0.3 is 10.8 Å². The van der Waals surface area contributed by atoms with Crippen molar-refractivity contribution in [1.29, 1.82) is 0 Å². The second-order valence-corrected chi connectivity index (χ2v) is 4.20. The van der Waals surface area contributed by atoms with Crippen LogP contribution in [0.5, 0.6) is 5.75 Å². The first-order valence-electron chi connectivity index (χ1n) is 5.22. The molecule has 1 aliphatic rings. The molecule has 1 aromatic carbocycles. The summed E-state index contributed by atoms with van der Waals surface area (Å²) in [6, 6.07) is 4.19. The fraction of sp³-hybridized carbons (Fsp3) is 0.417. The Morgan fingerprint density at radius 2 is 1.87 bits per heavy atom. The lowest BCUT2D eigenvalue weighted by Gasteiger charge is -2.07. The van der Waals surface area contributed by atoms with E-state index in [0.717, 1.165) is 29.5 Å². The van der Waals surface area contributed by atoms with Crippen LogP contribution in [-0.2, 0) is 0 Å². The first-order valence-corrected chi connectivity index (χ1v) is 5.22. The fourth-order valence-corrected chi connectivity index (χ4v) is 1.58. The highest BCUT2D eigenvalue weighted by Crippen LogP contribution is 2.26. The Kier molecular flexibility index (Phi) is 2.39. The molecule has 0 amide bonds. The average molecular weight is 204 g/mol. The second-order valence-electron chi connectivity index (χ2n) is 4.20. The quantitative estimate of drug-likeness (QED) is 0.570. The zero-order chi connectivity index (χ0) is 11.0. The molecule has 0 radical (unpaired) electrons. The van der Waals surface area contributed by atoms with Crippen molar-refractivity contribution in [3.05, 3.63) is 28.8 Å². The number of phenols is 1. The molecule has 3 nitrogen and oxygen atoms in total. The van der Waals surface area contributed by atoms with Gasteiger partial charge in [-0.3, -0.25) is 4.99 Å². The van der Waals surface area contributed by atoms with Crippen molar-refractivity contribution in [3.8, 4) is 5.75 Å². The molecule has 1 fully saturated rings. The molecule has 1 aromatic rings. The van der Waals surface area contributed by atoms with Crippen molar-refractivity contribution < 1.29 is 5.11 Å². The summed E-state index contributed by atoms with van der Waals surface area (Å²) in [6.07, 6.45) is 2.30. The molecule has 0 heterocycles. The highest BCUT2D eigenvalue weighted by Gasteiger charge is 2.20. The molecule has 1 aliphatic carbocycles. The van der Waals surface area contributed by atoms with Gasteiger partial charge in [-0.1, -0.05) is 0 Å². The van der Waals surface area contributed by atoms with Crippen LogP contribution in [0.2, 0.25) is 0 Å². The predicted octanol–water partition coefficient (Wildman–Crippen LogP) is 1.88. The number of rotatable bonds is 2. The molecule has 0 aromatic heterocycles. The third-order valence-electron chi connectivity index (χ3n) is 2.66. The Labute approximate surface area is 89.6 Å². The minimum atomic E-state index is 0.345. The molecule has 0 bridgehead atoms. The Balaban J connectivity index is 2.35. The van der Waals surface area contributed by atoms with Crippen LogP contribution in [0, 0.1) is 13.8 Å². The fourth-order valence-electron chi connectivity index (χ4n) is 1.58. The van der Waals surface area contributed by atoms with Crippen molar-refractivity contribution >= 4 is 5.84 Å². The first-order chi connectivity index (χ1) is 7.08. The number of aryl methyl sites for hydroxylation is 2. The maximum Gasteiger partial charge on any atom is 0.125 e. The van der Waals surface area contributed by atoms with E-state index in [1.54, 1.807) is 0 Å². The van der Waals surface area contributed by atoms with E-state index in [2.05, 4.69) is 4.99 Å². The molecule has 0 atom stereocenters. The van der Waals surface area contributed by atoms with Crippen molar-refractivity contribution in [2.24, 2.45) is 10.7 Å². The number of benzene rings is 1. The van der Waals surface area contributed by atoms with E-state index in [9.17, 15) is 5.11 Å². The molecule has 0 unspecified atom stereocenters. The summed E-state index contributed by atoms with van der Waals surface area (Å²) in [7, 11) is 0. The van der Waals surface area contributed by atoms with Gasteiger partial charge in [0.15, 0.2) is 0 Å². The van der Waals surface area contributed by atoms with Crippen molar-refractivity contribution in [1.82, 2.24) is 0 Å². The second kappa shape index (κ2) is 3.57. The normalized spacial score (nSPS) is 16.8. The summed E-state index contributed by atoms with van der Waals surface area (Å²) in [4.78, 5) is 4.38. The van der Waals surface area contributed by atoms with Gasteiger partial charge in [0.05, 0.1) is 6.04 Å². The number of aromatic hydroxyl groups is 1. The van der Waals surface area contributed by atoms with Crippen LogP contribution in [0.1, 0.15) is 29.5 Å². The minimum absolute atomic E-state index is 0.345. The summed E-state index contributed by atoms with van der Waals surface area (Å²) < 4.78 is 0. The van der Waals surface area contributed by atoms with Gasteiger partial charge in [0, 0.05) is 5.56 Å². The van der Waals surface area contributed by atoms with Crippen LogP contribution in [0.15, 0.2) is 17.1 Å². The molecule has 3 heteroatoms. The van der Waals surface area contributed by atoms with Crippen LogP contribution in [-0.4, -0.2) is 17.0 Å². The highest BCUT2D eigenvalue weighted by molar-refractivity contribution is 5.98. The number of hydrogen-bond donors (Lipinski definition) is 2. The van der Waals surface area contributed by atoms with E-state index in [0.29, 0.717) is 17.6 Å². The maximum atomic E-state index is 9.63. The predicted molar refractivity (Wildman–Crippen MR) is 61.3 cm³/mol. The lowest BCUT2D eigenvalue weighted by Crippen LogP contribution is -2.14. The number of aliphatic imine (C=N–C) groups is 1. The largest absolute Gasteiger partial charge is 0.507 e. The zero-order valence-electron chi connectivity index (χ0n) is 9.12. The summed E-state index contributed by atoms with van der Waals surface area (Å²) in [5.74, 6) is 0.932. The number of nitrogens with two attached hydrogens (primary N) is 1. The third kappa shape index (κ3) is 2.12. The Morgan fingerprint density at radius 3 is 2.33 bits per heavy atom. The van der Waals surface area contributed by atoms with E-state index in [1.165, 1.54) is 0 Å². The summed E-state index contributed by atoms with van der Waals surface area (Å²) >= 11 is 0. The minimum Gasteiger partial charge on any atom is -0.507 e. The van der Waals surface area contributed by atoms with Gasteiger partial charge in [0.2, 0.25) is 0 Å². The van der Waals surface area contributed by atoms with E-state index >= 15 is 0 Å². The Bertz CT molecular complexity index is 397. The molecule has 0 saturated heterocycles. The number of amidine groups is 1. The van der Waals surface area contributed by atoms with Gasteiger partial charge in [0.25, 0.3) is 0 Å². The lowest BCUT2D eigenvalue weighted by molar-refractivity contribution is 0.467.